The fraction of sp³-hybridized carbons (Fsp3) is 0.424. The van der Waals surface area contributed by atoms with Crippen molar-refractivity contribution >= 4 is 94.3 Å². The van der Waals surface area contributed by atoms with Gasteiger partial charge in [0.1, 0.15) is 46.3 Å². The molecule has 656 valence electrons. The van der Waals surface area contributed by atoms with E-state index >= 15 is 0 Å². The van der Waals surface area contributed by atoms with E-state index in [1.54, 1.807) is 88.7 Å². The summed E-state index contributed by atoms with van der Waals surface area (Å²) in [7, 11) is -10.8. The number of unbranched alkanes of at least 4 members (excludes halogenated alkanes) is 4. The third-order valence-corrected chi connectivity index (χ3v) is 26.1. The Morgan fingerprint density at radius 3 is 0.992 bits per heavy atom. The van der Waals surface area contributed by atoms with Gasteiger partial charge in [-0.1, -0.05) is 88.4 Å². The zero-order valence-electron chi connectivity index (χ0n) is 66.7. The molecule has 27 nitrogen and oxygen atoms in total. The molecule has 6 aliphatic rings. The lowest BCUT2D eigenvalue weighted by Crippen LogP contribution is -2.49. The summed E-state index contributed by atoms with van der Waals surface area (Å²) in [6.07, 6.45) is 16.6. The second kappa shape index (κ2) is 44.9. The van der Waals surface area contributed by atoms with Crippen LogP contribution in [0.2, 0.25) is 0 Å². The first-order chi connectivity index (χ1) is 57.4. The monoisotopic (exact) mass is 1740 g/mol. The Morgan fingerprint density at radius 1 is 0.430 bits per heavy atom. The van der Waals surface area contributed by atoms with Crippen molar-refractivity contribution in [2.75, 3.05) is 138 Å². The van der Waals surface area contributed by atoms with Crippen LogP contribution in [0, 0.1) is 57.6 Å². The van der Waals surface area contributed by atoms with Gasteiger partial charge in [0, 0.05) is 150 Å². The molecule has 0 radical (unpaired) electrons. The lowest BCUT2D eigenvalue weighted by molar-refractivity contribution is -0.117. The summed E-state index contributed by atoms with van der Waals surface area (Å²) in [6, 6.07) is 28.1. The van der Waals surface area contributed by atoms with Gasteiger partial charge in [0.2, 0.25) is 47.3 Å². The highest BCUT2D eigenvalue weighted by Gasteiger charge is 2.39. The van der Waals surface area contributed by atoms with Crippen LogP contribution in [0.5, 0.6) is 0 Å². The first-order valence-corrected chi connectivity index (χ1v) is 44.8. The van der Waals surface area contributed by atoms with Crippen molar-refractivity contribution in [2.24, 2.45) is 11.8 Å². The van der Waals surface area contributed by atoms with E-state index in [0.29, 0.717) is 90.7 Å². The van der Waals surface area contributed by atoms with Crippen molar-refractivity contribution < 1.29 is 80.2 Å². The minimum absolute atomic E-state index is 0. The molecular formula is C85H109F6N15O12S3. The molecule has 121 heavy (non-hydrogen) atoms. The third-order valence-electron chi connectivity index (χ3n) is 20.5. The maximum Gasteiger partial charge on any atom is 0.293 e. The number of carbonyl (C=O) groups is 3. The smallest absolute Gasteiger partial charge is 0.293 e. The molecule has 1 atom stereocenters. The fourth-order valence-electron chi connectivity index (χ4n) is 13.7. The molecule has 36 heteroatoms. The zero-order chi connectivity index (χ0) is 86.1. The number of halogens is 6. The highest BCUT2D eigenvalue weighted by atomic mass is 32.2. The number of nitrogens with one attached hydrogen (secondary N) is 6. The Labute approximate surface area is 704 Å². The van der Waals surface area contributed by atoms with E-state index < -0.39 is 82.7 Å². The number of benzene rings is 6. The van der Waals surface area contributed by atoms with Crippen molar-refractivity contribution in [3.8, 4) is 0 Å². The maximum atomic E-state index is 13.8. The molecule has 0 aromatic heterocycles. The van der Waals surface area contributed by atoms with Crippen LogP contribution in [0.25, 0.3) is 0 Å². The van der Waals surface area contributed by atoms with E-state index in [4.69, 9.17) is 42.2 Å². The molecule has 4 heterocycles. The molecule has 2 aliphatic carbocycles. The van der Waals surface area contributed by atoms with Crippen LogP contribution in [-0.2, 0) is 75.9 Å². The topological polar surface area (TPSA) is 385 Å². The van der Waals surface area contributed by atoms with Gasteiger partial charge in [-0.2, -0.15) is 12.9 Å². The molecule has 0 bridgehead atoms. The van der Waals surface area contributed by atoms with Crippen LogP contribution in [0.4, 0.5) is 60.5 Å². The number of sulfonamides is 3. The number of nitrogens with two attached hydrogens (primary N) is 3. The van der Waals surface area contributed by atoms with Gasteiger partial charge in [-0.25, -0.2) is 51.6 Å². The molecule has 12 N–H and O–H groups in total. The second-order valence-corrected chi connectivity index (χ2v) is 36.0. The Morgan fingerprint density at radius 2 is 0.711 bits per heavy atom. The van der Waals surface area contributed by atoms with Gasteiger partial charge in [-0.05, 0) is 146 Å². The summed E-state index contributed by atoms with van der Waals surface area (Å²) >= 11 is 0. The standard InChI is InChI=1S/C29H37F2N5O4S.C28H35F2N5O4S.C27H33F2N5O4S.CH4/c30-22-15-23(31)17-25(16-22)34-29(37)28(40-14-2-1-3-20-4-5-20)27(26-18-33-26)35-10-12-36(13-11-35)41(38,39)19-21-6-8-24(32)9-7-21;29-22-15-23(30)17-25(16-22)33-28(36)27(39-14-2-1-3-20-4-5-20)26(18-31)34-10-12-35(13-11-34)40(37,38)19-21-6-8-24(32)9-7-21;1-2-3-4-5-14-38-26(27(35)32-24-16-21(28)15-22(29)17-24)25(18-30)33-10-12-34(13-11-33)39(36,37)19-20-6-8-23(31)9-7-20;/h6-9,15-17,20,26,33H,1-5,10-14,18-19,32H2,(H,34,37);6-9,15-18,20,31H,1-5,10-14,19,32H2,(H,33,36);2,6-9,15-18,30H,1,3-5,10-14,19,31H2,(H,32,35);1H4/b28-27-;27-26-,31-18?;26-25-,30-18?;. The minimum atomic E-state index is -3.61. The number of piperazine rings is 3. The number of carbonyl (C=O) groups excluding carboxylic acids is 3. The molecule has 12 rings (SSSR count). The van der Waals surface area contributed by atoms with Crippen molar-refractivity contribution in [3.05, 3.63) is 226 Å². The summed E-state index contributed by atoms with van der Waals surface area (Å²) in [6.45, 7) is 7.72. The van der Waals surface area contributed by atoms with E-state index in [9.17, 15) is 66.0 Å². The average molecular weight is 1740 g/mol. The van der Waals surface area contributed by atoms with E-state index in [2.05, 4.69) is 27.8 Å². The molecule has 6 aromatic carbocycles. The largest absolute Gasteiger partial charge is 0.486 e. The summed E-state index contributed by atoms with van der Waals surface area (Å²) in [5.74, 6) is -6.25. The Bertz CT molecular complexity index is 4940. The van der Waals surface area contributed by atoms with Crippen LogP contribution in [0.3, 0.4) is 0 Å². The van der Waals surface area contributed by atoms with Gasteiger partial charge < -0.3 is 78.2 Å². The number of hydrogen-bond donors (Lipinski definition) is 9. The predicted molar refractivity (Wildman–Crippen MR) is 457 cm³/mol. The average Bonchev–Trinajstić information content (AvgIpc) is 1.54. The van der Waals surface area contributed by atoms with Crippen molar-refractivity contribution in [1.29, 1.82) is 10.8 Å². The van der Waals surface area contributed by atoms with Crippen LogP contribution < -0.4 is 38.5 Å². The lowest BCUT2D eigenvalue weighted by atomic mass is 10.2. The second-order valence-electron chi connectivity index (χ2n) is 30.1. The summed E-state index contributed by atoms with van der Waals surface area (Å²) in [5, 5.41) is 26.7. The van der Waals surface area contributed by atoms with Crippen molar-refractivity contribution in [2.45, 2.75) is 114 Å². The number of allylic oxidation sites excluding steroid dienone is 3. The van der Waals surface area contributed by atoms with Gasteiger partial charge in [-0.15, -0.1) is 6.58 Å². The third kappa shape index (κ3) is 29.7. The first-order valence-electron chi connectivity index (χ1n) is 40.0. The van der Waals surface area contributed by atoms with Crippen molar-refractivity contribution in [3.63, 3.8) is 0 Å². The van der Waals surface area contributed by atoms with E-state index in [1.165, 1.54) is 38.6 Å². The number of anilines is 6. The maximum absolute atomic E-state index is 13.8. The van der Waals surface area contributed by atoms with Crippen molar-refractivity contribution in [1.82, 2.24) is 32.9 Å². The first kappa shape index (κ1) is 94.4. The number of nitrogens with zero attached hydrogens (tertiary/aromatic N) is 6. The van der Waals surface area contributed by atoms with E-state index in [-0.39, 0.29) is 155 Å². The Balaban J connectivity index is 0.000000206. The van der Waals surface area contributed by atoms with Gasteiger partial charge in [0.25, 0.3) is 17.7 Å². The molecule has 1 unspecified atom stereocenters. The van der Waals surface area contributed by atoms with Gasteiger partial charge in [0.15, 0.2) is 0 Å². The summed E-state index contributed by atoms with van der Waals surface area (Å²) in [5.41, 5.74) is 21.4. The highest BCUT2D eigenvalue weighted by molar-refractivity contribution is 7.88. The molecular weight excluding hydrogens is 1630 g/mol. The van der Waals surface area contributed by atoms with E-state index in [0.717, 1.165) is 112 Å². The Hall–Kier alpha value is -10.5. The van der Waals surface area contributed by atoms with Crippen LogP contribution in [-0.4, -0.2) is 194 Å². The summed E-state index contributed by atoms with van der Waals surface area (Å²) < 4.78 is 183. The van der Waals surface area contributed by atoms with Gasteiger partial charge in [0.05, 0.1) is 48.8 Å². The predicted octanol–water partition coefficient (Wildman–Crippen LogP) is 12.0. The molecule has 0 spiro atoms. The highest BCUT2D eigenvalue weighted by Crippen LogP contribution is 2.36. The minimum Gasteiger partial charge on any atom is -0.486 e. The molecule has 4 aliphatic heterocycles. The molecule has 6 aromatic rings. The van der Waals surface area contributed by atoms with Crippen LogP contribution in [0.15, 0.2) is 174 Å². The summed E-state index contributed by atoms with van der Waals surface area (Å²) in [4.78, 5) is 45.2. The number of ether oxygens (including phenoxy) is 3. The number of nitrogen functional groups attached to an aromatic ring is 3. The molecule has 3 amide bonds. The fourth-order valence-corrected chi connectivity index (χ4v) is 18.3. The zero-order valence-corrected chi connectivity index (χ0v) is 69.2. The lowest BCUT2D eigenvalue weighted by Gasteiger charge is -2.37. The number of rotatable bonds is 39. The molecule has 4 saturated heterocycles. The molecule has 6 fully saturated rings. The van der Waals surface area contributed by atoms with Crippen LogP contribution in [0.1, 0.15) is 108 Å². The normalized spacial score (nSPS) is 17.1. The van der Waals surface area contributed by atoms with E-state index in [1.807, 2.05) is 4.90 Å². The number of amides is 3. The quantitative estimate of drug-likeness (QED) is 0.00253. The van der Waals surface area contributed by atoms with Gasteiger partial charge in [-0.3, -0.25) is 14.4 Å². The van der Waals surface area contributed by atoms with Crippen LogP contribution >= 0.6 is 0 Å². The number of hydrogen-bond acceptors (Lipinski definition) is 21. The SMILES string of the molecule is C.C=CCCCCO/C(C(=O)Nc1cc(F)cc(F)c1)=C(/C=N)N1CCN(S(=O)(=O)Cc2ccc(N)cc2)CC1.N=C/C(=C(/OCCCCC1CC1)C(=O)Nc1cc(F)cc(F)c1)N1CCN(S(=O)(=O)Cc2ccc(N)cc2)CC1.Nc1ccc(CS(=O)(=O)N2CCN(/C(=C(\OCCCCC3CC3)C(=O)Nc3cc(F)cc(F)c3)C3CN3)CC2)cc1. The van der Waals surface area contributed by atoms with Gasteiger partial charge >= 0.3 is 0 Å². The molecule has 2 saturated carbocycles. The Kier molecular flexibility index (Phi) is 35.0.